The first-order valence-corrected chi connectivity index (χ1v) is 9.40. The molecule has 0 radical (unpaired) electrons. The molecule has 1 aromatic heterocycles. The summed E-state index contributed by atoms with van der Waals surface area (Å²) in [6, 6.07) is 12.6. The molecule has 7 nitrogen and oxygen atoms in total. The lowest BCUT2D eigenvalue weighted by molar-refractivity contribution is 0.102. The molecular weight excluding hydrogens is 370 g/mol. The minimum Gasteiger partial charge on any atom is -0.497 e. The van der Waals surface area contributed by atoms with Crippen LogP contribution in [0.25, 0.3) is 11.3 Å². The van der Waals surface area contributed by atoms with Gasteiger partial charge in [-0.05, 0) is 43.2 Å². The molecule has 1 aliphatic carbocycles. The number of carbonyl (C=O) groups is 1. The molecule has 1 aliphatic rings. The zero-order chi connectivity index (χ0) is 20.4. The van der Waals surface area contributed by atoms with E-state index < -0.39 is 0 Å². The molecular formula is C22H23N3O4. The molecule has 1 heterocycles. The molecule has 7 heteroatoms. The summed E-state index contributed by atoms with van der Waals surface area (Å²) in [5, 5.41) is 10.7. The molecule has 0 saturated heterocycles. The van der Waals surface area contributed by atoms with Crippen LogP contribution in [-0.4, -0.2) is 37.4 Å². The summed E-state index contributed by atoms with van der Waals surface area (Å²) >= 11 is 0. The Bertz CT molecular complexity index is 1040. The fraction of sp³-hybridized carbons (Fsp3) is 0.273. The quantitative estimate of drug-likeness (QED) is 0.627. The van der Waals surface area contributed by atoms with Crippen LogP contribution in [0.4, 0.5) is 5.69 Å². The van der Waals surface area contributed by atoms with Crippen molar-refractivity contribution in [2.75, 3.05) is 26.6 Å². The topological polar surface area (TPSA) is 85.5 Å². The van der Waals surface area contributed by atoms with Gasteiger partial charge in [-0.1, -0.05) is 6.07 Å². The van der Waals surface area contributed by atoms with Gasteiger partial charge in [0.05, 0.1) is 32.7 Å². The van der Waals surface area contributed by atoms with Crippen LogP contribution in [0.5, 0.6) is 17.2 Å². The molecule has 2 N–H and O–H groups in total. The highest BCUT2D eigenvalue weighted by Crippen LogP contribution is 2.46. The van der Waals surface area contributed by atoms with Crippen LogP contribution in [-0.2, 0) is 0 Å². The minimum atomic E-state index is -0.221. The Morgan fingerprint density at radius 2 is 1.79 bits per heavy atom. The SMILES string of the molecule is COc1cccc(C(=O)Nc2c(-c3ccc(OC)cc3OC)n[nH]c2C2CC2)c1. The van der Waals surface area contributed by atoms with Gasteiger partial charge >= 0.3 is 0 Å². The number of nitrogens with zero attached hydrogens (tertiary/aromatic N) is 1. The van der Waals surface area contributed by atoms with E-state index in [1.165, 1.54) is 0 Å². The highest BCUT2D eigenvalue weighted by atomic mass is 16.5. The van der Waals surface area contributed by atoms with Gasteiger partial charge in [0.15, 0.2) is 0 Å². The van der Waals surface area contributed by atoms with E-state index in [1.807, 2.05) is 12.1 Å². The van der Waals surface area contributed by atoms with Gasteiger partial charge in [-0.2, -0.15) is 5.10 Å². The van der Waals surface area contributed by atoms with Gasteiger partial charge in [-0.25, -0.2) is 0 Å². The summed E-state index contributed by atoms with van der Waals surface area (Å²) in [4.78, 5) is 13.0. The number of carbonyl (C=O) groups excluding carboxylic acids is 1. The summed E-state index contributed by atoms with van der Waals surface area (Å²) in [6.07, 6.45) is 2.15. The van der Waals surface area contributed by atoms with E-state index in [9.17, 15) is 4.79 Å². The van der Waals surface area contributed by atoms with Crippen molar-refractivity contribution < 1.29 is 19.0 Å². The number of amides is 1. The Morgan fingerprint density at radius 3 is 2.48 bits per heavy atom. The predicted octanol–water partition coefficient (Wildman–Crippen LogP) is 4.23. The molecule has 0 unspecified atom stereocenters. The van der Waals surface area contributed by atoms with Gasteiger partial charge in [0.2, 0.25) is 0 Å². The molecule has 0 spiro atoms. The van der Waals surface area contributed by atoms with Gasteiger partial charge in [-0.3, -0.25) is 9.89 Å². The number of aromatic nitrogens is 2. The highest BCUT2D eigenvalue weighted by Gasteiger charge is 2.31. The number of hydrogen-bond donors (Lipinski definition) is 2. The second-order valence-electron chi connectivity index (χ2n) is 6.89. The van der Waals surface area contributed by atoms with E-state index in [4.69, 9.17) is 14.2 Å². The number of hydrogen-bond acceptors (Lipinski definition) is 5. The Labute approximate surface area is 169 Å². The summed E-state index contributed by atoms with van der Waals surface area (Å²) in [6.45, 7) is 0. The van der Waals surface area contributed by atoms with E-state index in [1.54, 1.807) is 51.7 Å². The first kappa shape index (κ1) is 18.9. The molecule has 0 aliphatic heterocycles. The van der Waals surface area contributed by atoms with E-state index in [-0.39, 0.29) is 5.91 Å². The van der Waals surface area contributed by atoms with Crippen LogP contribution < -0.4 is 19.5 Å². The number of aromatic amines is 1. The van der Waals surface area contributed by atoms with Gasteiger partial charge in [-0.15, -0.1) is 0 Å². The number of H-pyrrole nitrogens is 1. The average Bonchev–Trinajstić information content (AvgIpc) is 3.53. The summed E-state index contributed by atoms with van der Waals surface area (Å²) in [7, 11) is 4.78. The fourth-order valence-electron chi connectivity index (χ4n) is 3.29. The number of anilines is 1. The zero-order valence-corrected chi connectivity index (χ0v) is 16.6. The summed E-state index contributed by atoms with van der Waals surface area (Å²) in [5.41, 5.74) is 3.55. The average molecular weight is 393 g/mol. The summed E-state index contributed by atoms with van der Waals surface area (Å²) < 4.78 is 16.1. The van der Waals surface area contributed by atoms with Crippen molar-refractivity contribution in [3.05, 3.63) is 53.7 Å². The van der Waals surface area contributed by atoms with Gasteiger partial charge < -0.3 is 19.5 Å². The molecule has 4 rings (SSSR count). The van der Waals surface area contributed by atoms with Crippen LogP contribution in [0.3, 0.4) is 0 Å². The van der Waals surface area contributed by atoms with Gasteiger partial charge in [0.25, 0.3) is 5.91 Å². The minimum absolute atomic E-state index is 0.221. The molecule has 150 valence electrons. The van der Waals surface area contributed by atoms with Crippen LogP contribution in [0, 0.1) is 0 Å². The van der Waals surface area contributed by atoms with E-state index >= 15 is 0 Å². The fourth-order valence-corrected chi connectivity index (χ4v) is 3.29. The lowest BCUT2D eigenvalue weighted by Gasteiger charge is -2.12. The number of nitrogens with one attached hydrogen (secondary N) is 2. The standard InChI is InChI=1S/C22H23N3O4/c1-27-15-6-4-5-14(11-15)22(26)23-21-19(13-7-8-13)24-25-20(21)17-10-9-16(28-2)12-18(17)29-3/h4-6,9-13H,7-8H2,1-3H3,(H,23,26)(H,24,25). The maximum Gasteiger partial charge on any atom is 0.255 e. The second kappa shape index (κ2) is 7.87. The molecule has 1 saturated carbocycles. The molecule has 0 atom stereocenters. The van der Waals surface area contributed by atoms with Crippen LogP contribution >= 0.6 is 0 Å². The molecule has 2 aromatic carbocycles. The lowest BCUT2D eigenvalue weighted by Crippen LogP contribution is -2.13. The van der Waals surface area contributed by atoms with Crippen molar-refractivity contribution in [2.45, 2.75) is 18.8 Å². The van der Waals surface area contributed by atoms with Crippen molar-refractivity contribution in [2.24, 2.45) is 0 Å². The molecule has 1 fully saturated rings. The van der Waals surface area contributed by atoms with Gasteiger partial charge in [0, 0.05) is 23.1 Å². The smallest absolute Gasteiger partial charge is 0.255 e. The maximum atomic E-state index is 13.0. The molecule has 0 bridgehead atoms. The first-order chi connectivity index (χ1) is 14.1. The molecule has 29 heavy (non-hydrogen) atoms. The Hall–Kier alpha value is -3.48. The number of benzene rings is 2. The second-order valence-corrected chi connectivity index (χ2v) is 6.89. The van der Waals surface area contributed by atoms with Crippen LogP contribution in [0.2, 0.25) is 0 Å². The number of methoxy groups -OCH3 is 3. The van der Waals surface area contributed by atoms with Crippen LogP contribution in [0.15, 0.2) is 42.5 Å². The van der Waals surface area contributed by atoms with E-state index in [0.29, 0.717) is 40.1 Å². The third kappa shape index (κ3) is 3.76. The summed E-state index contributed by atoms with van der Waals surface area (Å²) in [5.74, 6) is 2.09. The Balaban J connectivity index is 1.73. The number of ether oxygens (including phenoxy) is 3. The largest absolute Gasteiger partial charge is 0.497 e. The zero-order valence-electron chi connectivity index (χ0n) is 16.6. The monoisotopic (exact) mass is 393 g/mol. The Kier molecular flexibility index (Phi) is 5.12. The van der Waals surface area contributed by atoms with Crippen molar-refractivity contribution in [3.8, 4) is 28.5 Å². The van der Waals surface area contributed by atoms with E-state index in [0.717, 1.165) is 24.1 Å². The first-order valence-electron chi connectivity index (χ1n) is 9.40. The maximum absolute atomic E-state index is 13.0. The van der Waals surface area contributed by atoms with E-state index in [2.05, 4.69) is 15.5 Å². The third-order valence-corrected chi connectivity index (χ3v) is 5.01. The predicted molar refractivity (Wildman–Crippen MR) is 110 cm³/mol. The van der Waals surface area contributed by atoms with Crippen molar-refractivity contribution in [3.63, 3.8) is 0 Å². The van der Waals surface area contributed by atoms with Gasteiger partial charge in [0.1, 0.15) is 22.9 Å². The Morgan fingerprint density at radius 1 is 1.03 bits per heavy atom. The number of rotatable bonds is 7. The van der Waals surface area contributed by atoms with Crippen molar-refractivity contribution in [1.82, 2.24) is 10.2 Å². The van der Waals surface area contributed by atoms with Crippen molar-refractivity contribution >= 4 is 11.6 Å². The van der Waals surface area contributed by atoms with Crippen molar-refractivity contribution in [1.29, 1.82) is 0 Å². The normalized spacial score (nSPS) is 13.1. The molecule has 1 amide bonds. The van der Waals surface area contributed by atoms with Crippen LogP contribution in [0.1, 0.15) is 34.8 Å². The lowest BCUT2D eigenvalue weighted by atomic mass is 10.1. The molecule has 3 aromatic rings. The highest BCUT2D eigenvalue weighted by molar-refractivity contribution is 6.07. The third-order valence-electron chi connectivity index (χ3n) is 5.01.